The van der Waals surface area contributed by atoms with Gasteiger partial charge in [0.05, 0.1) is 19.3 Å². The highest BCUT2D eigenvalue weighted by Crippen LogP contribution is 2.18. The van der Waals surface area contributed by atoms with Crippen molar-refractivity contribution in [3.8, 4) is 0 Å². The fourth-order valence-electron chi connectivity index (χ4n) is 1.32. The molecule has 0 aromatic rings. The van der Waals surface area contributed by atoms with Crippen LogP contribution in [0.25, 0.3) is 0 Å². The van der Waals surface area contributed by atoms with Crippen LogP contribution in [-0.2, 0) is 14.3 Å². The number of carbonyl (C=O) groups excluding carboxylic acids is 1. The van der Waals surface area contributed by atoms with Gasteiger partial charge in [0.25, 0.3) is 0 Å². The maximum atomic E-state index is 11.6. The number of hydrogen-bond acceptors (Lipinski definition) is 3. The molecule has 1 heterocycles. The minimum absolute atomic E-state index is 0.149. The number of nitrogens with one attached hydrogen (secondary N) is 1. The number of carboxylic acid groups (broad SMARTS) is 1. The molecular formula is C10H17NO4. The first-order valence-corrected chi connectivity index (χ1v) is 4.94. The summed E-state index contributed by atoms with van der Waals surface area (Å²) in [7, 11) is 0. The number of aliphatic carboxylic acids is 1. The van der Waals surface area contributed by atoms with Crippen LogP contribution >= 0.6 is 0 Å². The first-order valence-electron chi connectivity index (χ1n) is 4.94. The van der Waals surface area contributed by atoms with Crippen molar-refractivity contribution in [1.82, 2.24) is 5.32 Å². The molecule has 1 saturated heterocycles. The zero-order valence-electron chi connectivity index (χ0n) is 9.24. The van der Waals surface area contributed by atoms with Crippen molar-refractivity contribution in [2.75, 3.05) is 13.2 Å². The summed E-state index contributed by atoms with van der Waals surface area (Å²) in [5.41, 5.74) is -0.508. The Morgan fingerprint density at radius 2 is 1.93 bits per heavy atom. The molecule has 1 amide bonds. The summed E-state index contributed by atoms with van der Waals surface area (Å²) in [6.07, 6.45) is 0. The number of carboxylic acids is 1. The van der Waals surface area contributed by atoms with E-state index in [0.717, 1.165) is 0 Å². The quantitative estimate of drug-likeness (QED) is 0.692. The van der Waals surface area contributed by atoms with Crippen LogP contribution in [-0.4, -0.2) is 36.2 Å². The molecule has 0 bridgehead atoms. The zero-order chi connectivity index (χ0) is 11.6. The molecule has 0 spiro atoms. The smallest absolute Gasteiger partial charge is 0.311 e. The Labute approximate surface area is 88.8 Å². The van der Waals surface area contributed by atoms with E-state index in [4.69, 9.17) is 9.84 Å². The van der Waals surface area contributed by atoms with Gasteiger partial charge in [-0.3, -0.25) is 9.59 Å². The maximum absolute atomic E-state index is 11.6. The Hall–Kier alpha value is -1.10. The summed E-state index contributed by atoms with van der Waals surface area (Å²) in [6.45, 7) is 5.80. The minimum Gasteiger partial charge on any atom is -0.481 e. The average Bonchev–Trinajstić information content (AvgIpc) is 2.50. The number of carbonyl (C=O) groups is 2. The SMILES string of the molecule is CC(C)(C)C(=O)NC1COCC1C(=O)O. The first-order chi connectivity index (χ1) is 6.82. The molecule has 2 atom stereocenters. The molecule has 5 nitrogen and oxygen atoms in total. The van der Waals surface area contributed by atoms with Gasteiger partial charge in [0.1, 0.15) is 5.92 Å². The van der Waals surface area contributed by atoms with E-state index in [1.165, 1.54) is 0 Å². The Kier molecular flexibility index (Phi) is 3.34. The second-order valence-corrected chi connectivity index (χ2v) is 4.81. The summed E-state index contributed by atoms with van der Waals surface area (Å²) in [5, 5.41) is 11.6. The van der Waals surface area contributed by atoms with Gasteiger partial charge in [-0.05, 0) is 0 Å². The Morgan fingerprint density at radius 1 is 1.33 bits per heavy atom. The highest BCUT2D eigenvalue weighted by atomic mass is 16.5. The van der Waals surface area contributed by atoms with Crippen molar-refractivity contribution in [3.63, 3.8) is 0 Å². The summed E-state index contributed by atoms with van der Waals surface area (Å²) in [6, 6.07) is -0.408. The van der Waals surface area contributed by atoms with Gasteiger partial charge in [-0.2, -0.15) is 0 Å². The highest BCUT2D eigenvalue weighted by Gasteiger charge is 2.36. The second kappa shape index (κ2) is 4.18. The molecule has 0 aromatic heterocycles. The van der Waals surface area contributed by atoms with Crippen molar-refractivity contribution in [2.45, 2.75) is 26.8 Å². The van der Waals surface area contributed by atoms with E-state index in [9.17, 15) is 9.59 Å². The van der Waals surface area contributed by atoms with E-state index in [2.05, 4.69) is 5.32 Å². The Morgan fingerprint density at radius 3 is 2.40 bits per heavy atom. The molecule has 1 aliphatic rings. The number of hydrogen-bond donors (Lipinski definition) is 2. The molecule has 2 unspecified atom stereocenters. The maximum Gasteiger partial charge on any atom is 0.311 e. The Bertz CT molecular complexity index is 269. The van der Waals surface area contributed by atoms with Crippen molar-refractivity contribution in [3.05, 3.63) is 0 Å². The zero-order valence-corrected chi connectivity index (χ0v) is 9.24. The molecular weight excluding hydrogens is 198 g/mol. The van der Waals surface area contributed by atoms with E-state index in [1.54, 1.807) is 20.8 Å². The van der Waals surface area contributed by atoms with Gasteiger partial charge in [-0.15, -0.1) is 0 Å². The van der Waals surface area contributed by atoms with Crippen LogP contribution in [0.4, 0.5) is 0 Å². The van der Waals surface area contributed by atoms with Gasteiger partial charge in [0.2, 0.25) is 5.91 Å². The third-order valence-electron chi connectivity index (χ3n) is 2.40. The molecule has 0 saturated carbocycles. The summed E-state index contributed by atoms with van der Waals surface area (Å²) in [4.78, 5) is 22.4. The average molecular weight is 215 g/mol. The molecule has 15 heavy (non-hydrogen) atoms. The molecule has 0 aliphatic carbocycles. The lowest BCUT2D eigenvalue weighted by atomic mass is 9.94. The largest absolute Gasteiger partial charge is 0.481 e. The number of amides is 1. The van der Waals surface area contributed by atoms with Crippen molar-refractivity contribution >= 4 is 11.9 Å². The van der Waals surface area contributed by atoms with Crippen LogP contribution in [0, 0.1) is 11.3 Å². The first kappa shape index (κ1) is 12.0. The van der Waals surface area contributed by atoms with Crippen molar-refractivity contribution in [2.24, 2.45) is 11.3 Å². The fraction of sp³-hybridized carbons (Fsp3) is 0.800. The van der Waals surface area contributed by atoms with Crippen molar-refractivity contribution in [1.29, 1.82) is 0 Å². The summed E-state index contributed by atoms with van der Waals surface area (Å²) < 4.78 is 5.05. The normalized spacial score (nSPS) is 26.3. The lowest BCUT2D eigenvalue weighted by Gasteiger charge is -2.22. The number of rotatable bonds is 2. The third-order valence-corrected chi connectivity index (χ3v) is 2.40. The molecule has 0 radical (unpaired) electrons. The topological polar surface area (TPSA) is 75.6 Å². The molecule has 1 aliphatic heterocycles. The molecule has 86 valence electrons. The highest BCUT2D eigenvalue weighted by molar-refractivity contribution is 5.82. The van der Waals surface area contributed by atoms with Crippen LogP contribution in [0.1, 0.15) is 20.8 Å². The van der Waals surface area contributed by atoms with E-state index < -0.39 is 23.3 Å². The van der Waals surface area contributed by atoms with Crippen LogP contribution < -0.4 is 5.32 Å². The molecule has 5 heteroatoms. The second-order valence-electron chi connectivity index (χ2n) is 4.81. The van der Waals surface area contributed by atoms with Gasteiger partial charge in [0, 0.05) is 5.41 Å². The van der Waals surface area contributed by atoms with E-state index >= 15 is 0 Å². The van der Waals surface area contributed by atoms with Gasteiger partial charge in [-0.1, -0.05) is 20.8 Å². The third kappa shape index (κ3) is 2.92. The lowest BCUT2D eigenvalue weighted by Crippen LogP contribution is -2.46. The van der Waals surface area contributed by atoms with E-state index in [0.29, 0.717) is 0 Å². The molecule has 1 rings (SSSR count). The predicted molar refractivity (Wildman–Crippen MR) is 53.3 cm³/mol. The van der Waals surface area contributed by atoms with Gasteiger partial charge in [0.15, 0.2) is 0 Å². The van der Waals surface area contributed by atoms with Crippen LogP contribution in [0.5, 0.6) is 0 Å². The van der Waals surface area contributed by atoms with Gasteiger partial charge in [-0.25, -0.2) is 0 Å². The molecule has 2 N–H and O–H groups in total. The monoisotopic (exact) mass is 215 g/mol. The van der Waals surface area contributed by atoms with Gasteiger partial charge >= 0.3 is 5.97 Å². The summed E-state index contributed by atoms with van der Waals surface area (Å²) >= 11 is 0. The summed E-state index contributed by atoms with van der Waals surface area (Å²) in [5.74, 6) is -1.70. The van der Waals surface area contributed by atoms with E-state index in [-0.39, 0.29) is 19.1 Å². The number of ether oxygens (including phenoxy) is 1. The van der Waals surface area contributed by atoms with E-state index in [1.807, 2.05) is 0 Å². The van der Waals surface area contributed by atoms with Crippen LogP contribution in [0.3, 0.4) is 0 Å². The van der Waals surface area contributed by atoms with Crippen LogP contribution in [0.2, 0.25) is 0 Å². The minimum atomic E-state index is -0.924. The molecule has 1 fully saturated rings. The fourth-order valence-corrected chi connectivity index (χ4v) is 1.32. The standard InChI is InChI=1S/C10H17NO4/c1-10(2,3)9(14)11-7-5-15-4-6(7)8(12)13/h6-7H,4-5H2,1-3H3,(H,11,14)(H,12,13). The lowest BCUT2D eigenvalue weighted by molar-refractivity contribution is -0.142. The Balaban J connectivity index is 2.58. The van der Waals surface area contributed by atoms with Crippen molar-refractivity contribution < 1.29 is 19.4 Å². The van der Waals surface area contributed by atoms with Gasteiger partial charge < -0.3 is 15.2 Å². The van der Waals surface area contributed by atoms with Crippen LogP contribution in [0.15, 0.2) is 0 Å². The molecule has 0 aromatic carbocycles. The predicted octanol–water partition coefficient (Wildman–Crippen LogP) is 0.248.